The lowest BCUT2D eigenvalue weighted by Crippen LogP contribution is -2.28. The number of imidazole rings is 1. The number of carbonyl (C=O) groups excluding carboxylic acids is 1. The molecule has 6 heteroatoms. The van der Waals surface area contributed by atoms with Crippen LogP contribution in [0.1, 0.15) is 34.0 Å². The zero-order chi connectivity index (χ0) is 19.0. The number of amides is 1. The molecule has 1 unspecified atom stereocenters. The SMILES string of the molecule is COc1cccc(C2CCN(C(=O)c3ccc4nc(C)cn4c3)C2)c1OC. The molecule has 0 aliphatic carbocycles. The highest BCUT2D eigenvalue weighted by Crippen LogP contribution is 2.39. The van der Waals surface area contributed by atoms with Crippen LogP contribution in [-0.4, -0.2) is 47.5 Å². The molecule has 1 amide bonds. The van der Waals surface area contributed by atoms with E-state index in [1.807, 2.05) is 52.9 Å². The summed E-state index contributed by atoms with van der Waals surface area (Å²) in [5.41, 5.74) is 3.56. The van der Waals surface area contributed by atoms with Gasteiger partial charge in [0.1, 0.15) is 5.65 Å². The number of aromatic nitrogens is 2. The number of ether oxygens (including phenoxy) is 2. The quantitative estimate of drug-likeness (QED) is 0.712. The number of carbonyl (C=O) groups is 1. The van der Waals surface area contributed by atoms with Gasteiger partial charge in [0.25, 0.3) is 5.91 Å². The molecule has 1 atom stereocenters. The largest absolute Gasteiger partial charge is 0.493 e. The topological polar surface area (TPSA) is 56.1 Å². The molecule has 3 aromatic rings. The van der Waals surface area contributed by atoms with Crippen LogP contribution in [0.15, 0.2) is 42.7 Å². The van der Waals surface area contributed by atoms with Crippen LogP contribution in [0.3, 0.4) is 0 Å². The Labute approximate surface area is 158 Å². The Hall–Kier alpha value is -3.02. The lowest BCUT2D eigenvalue weighted by Gasteiger charge is -2.19. The van der Waals surface area contributed by atoms with Crippen LogP contribution in [0.2, 0.25) is 0 Å². The van der Waals surface area contributed by atoms with Crippen molar-refractivity contribution in [2.45, 2.75) is 19.3 Å². The van der Waals surface area contributed by atoms with E-state index in [0.29, 0.717) is 12.1 Å². The lowest BCUT2D eigenvalue weighted by molar-refractivity contribution is 0.0790. The number of aryl methyl sites for hydroxylation is 1. The molecule has 140 valence electrons. The van der Waals surface area contributed by atoms with Gasteiger partial charge in [0.05, 0.1) is 25.5 Å². The Balaban J connectivity index is 1.56. The van der Waals surface area contributed by atoms with E-state index < -0.39 is 0 Å². The minimum atomic E-state index is 0.0487. The summed E-state index contributed by atoms with van der Waals surface area (Å²) in [7, 11) is 3.29. The molecule has 1 fully saturated rings. The van der Waals surface area contributed by atoms with Crippen LogP contribution in [0, 0.1) is 6.92 Å². The Morgan fingerprint density at radius 2 is 2.00 bits per heavy atom. The van der Waals surface area contributed by atoms with E-state index >= 15 is 0 Å². The molecule has 1 aromatic carbocycles. The van der Waals surface area contributed by atoms with Gasteiger partial charge in [0, 0.05) is 37.0 Å². The summed E-state index contributed by atoms with van der Waals surface area (Å²) in [6, 6.07) is 9.65. The summed E-state index contributed by atoms with van der Waals surface area (Å²) in [6.45, 7) is 3.34. The number of methoxy groups -OCH3 is 2. The van der Waals surface area contributed by atoms with Gasteiger partial charge in [-0.3, -0.25) is 4.79 Å². The first kappa shape index (κ1) is 17.4. The molecule has 27 heavy (non-hydrogen) atoms. The van der Waals surface area contributed by atoms with Crippen LogP contribution >= 0.6 is 0 Å². The average Bonchev–Trinajstić information content (AvgIpc) is 3.31. The second-order valence-corrected chi connectivity index (χ2v) is 6.89. The number of nitrogens with zero attached hydrogens (tertiary/aromatic N) is 3. The summed E-state index contributed by atoms with van der Waals surface area (Å²) in [4.78, 5) is 19.3. The molecule has 2 aromatic heterocycles. The molecule has 0 spiro atoms. The van der Waals surface area contributed by atoms with Gasteiger partial charge in [-0.25, -0.2) is 4.98 Å². The predicted molar refractivity (Wildman–Crippen MR) is 103 cm³/mol. The Morgan fingerprint density at radius 3 is 2.78 bits per heavy atom. The second-order valence-electron chi connectivity index (χ2n) is 6.89. The molecule has 0 saturated carbocycles. The molecule has 0 N–H and O–H groups in total. The lowest BCUT2D eigenvalue weighted by atomic mass is 9.97. The number of hydrogen-bond donors (Lipinski definition) is 0. The molecular formula is C21H23N3O3. The van der Waals surface area contributed by atoms with E-state index in [2.05, 4.69) is 11.1 Å². The average molecular weight is 365 g/mol. The Kier molecular flexibility index (Phi) is 4.48. The van der Waals surface area contributed by atoms with Gasteiger partial charge in [0.2, 0.25) is 0 Å². The first-order valence-electron chi connectivity index (χ1n) is 9.06. The second kappa shape index (κ2) is 6.95. The van der Waals surface area contributed by atoms with Crippen molar-refractivity contribution in [3.8, 4) is 11.5 Å². The van der Waals surface area contributed by atoms with Crippen molar-refractivity contribution >= 4 is 11.6 Å². The van der Waals surface area contributed by atoms with Gasteiger partial charge in [-0.15, -0.1) is 0 Å². The van der Waals surface area contributed by atoms with Crippen molar-refractivity contribution in [2.24, 2.45) is 0 Å². The summed E-state index contributed by atoms with van der Waals surface area (Å²) in [6.07, 6.45) is 4.69. The van der Waals surface area contributed by atoms with E-state index in [1.54, 1.807) is 14.2 Å². The van der Waals surface area contributed by atoms with Crippen molar-refractivity contribution in [2.75, 3.05) is 27.3 Å². The maximum Gasteiger partial charge on any atom is 0.255 e. The van der Waals surface area contributed by atoms with Crippen LogP contribution in [0.5, 0.6) is 11.5 Å². The van der Waals surface area contributed by atoms with Gasteiger partial charge in [-0.05, 0) is 31.5 Å². The third kappa shape index (κ3) is 3.12. The fraction of sp³-hybridized carbons (Fsp3) is 0.333. The van der Waals surface area contributed by atoms with Crippen molar-refractivity contribution < 1.29 is 14.3 Å². The maximum atomic E-state index is 13.0. The third-order valence-electron chi connectivity index (χ3n) is 5.17. The standard InChI is InChI=1S/C21H23N3O3/c1-14-11-24-13-16(7-8-19(24)22-14)21(25)23-10-9-15(12-23)17-5-4-6-18(26-2)20(17)27-3/h4-8,11,13,15H,9-10,12H2,1-3H3. The molecule has 3 heterocycles. The first-order chi connectivity index (χ1) is 13.1. The molecule has 1 aliphatic heterocycles. The number of likely N-dealkylation sites (tertiary alicyclic amines) is 1. The maximum absolute atomic E-state index is 13.0. The minimum absolute atomic E-state index is 0.0487. The summed E-state index contributed by atoms with van der Waals surface area (Å²) in [5, 5.41) is 0. The zero-order valence-electron chi connectivity index (χ0n) is 15.8. The summed E-state index contributed by atoms with van der Waals surface area (Å²) < 4.78 is 12.9. The van der Waals surface area contributed by atoms with Crippen LogP contribution in [0.25, 0.3) is 5.65 Å². The molecule has 0 radical (unpaired) electrons. The summed E-state index contributed by atoms with van der Waals surface area (Å²) in [5.74, 6) is 1.76. The molecular weight excluding hydrogens is 342 g/mol. The Morgan fingerprint density at radius 1 is 1.15 bits per heavy atom. The normalized spacial score (nSPS) is 16.7. The Bertz CT molecular complexity index is 996. The molecule has 1 saturated heterocycles. The third-order valence-corrected chi connectivity index (χ3v) is 5.17. The van der Waals surface area contributed by atoms with Gasteiger partial charge in [-0.2, -0.15) is 0 Å². The molecule has 0 bridgehead atoms. The number of para-hydroxylation sites is 1. The zero-order valence-corrected chi connectivity index (χ0v) is 15.8. The monoisotopic (exact) mass is 365 g/mol. The molecule has 4 rings (SSSR count). The van der Waals surface area contributed by atoms with Crippen LogP contribution in [0.4, 0.5) is 0 Å². The number of rotatable bonds is 4. The van der Waals surface area contributed by atoms with Gasteiger partial charge < -0.3 is 18.8 Å². The van der Waals surface area contributed by atoms with E-state index in [9.17, 15) is 4.79 Å². The number of benzene rings is 1. The van der Waals surface area contributed by atoms with E-state index in [1.165, 1.54) is 0 Å². The van der Waals surface area contributed by atoms with E-state index in [0.717, 1.165) is 41.4 Å². The van der Waals surface area contributed by atoms with Gasteiger partial charge >= 0.3 is 0 Å². The van der Waals surface area contributed by atoms with Crippen LogP contribution in [-0.2, 0) is 0 Å². The summed E-state index contributed by atoms with van der Waals surface area (Å²) >= 11 is 0. The van der Waals surface area contributed by atoms with Crippen molar-refractivity contribution in [3.05, 3.63) is 59.5 Å². The van der Waals surface area contributed by atoms with Crippen molar-refractivity contribution in [3.63, 3.8) is 0 Å². The highest BCUT2D eigenvalue weighted by atomic mass is 16.5. The predicted octanol–water partition coefficient (Wildman–Crippen LogP) is 3.29. The van der Waals surface area contributed by atoms with Crippen molar-refractivity contribution in [1.29, 1.82) is 0 Å². The number of pyridine rings is 1. The first-order valence-corrected chi connectivity index (χ1v) is 9.06. The highest BCUT2D eigenvalue weighted by Gasteiger charge is 2.30. The van der Waals surface area contributed by atoms with Crippen LogP contribution < -0.4 is 9.47 Å². The van der Waals surface area contributed by atoms with Gasteiger partial charge in [-0.1, -0.05) is 12.1 Å². The highest BCUT2D eigenvalue weighted by molar-refractivity contribution is 5.94. The smallest absolute Gasteiger partial charge is 0.255 e. The van der Waals surface area contributed by atoms with E-state index in [-0.39, 0.29) is 11.8 Å². The number of fused-ring (bicyclic) bond motifs is 1. The van der Waals surface area contributed by atoms with E-state index in [4.69, 9.17) is 9.47 Å². The van der Waals surface area contributed by atoms with Crippen molar-refractivity contribution in [1.82, 2.24) is 14.3 Å². The molecule has 6 nitrogen and oxygen atoms in total. The van der Waals surface area contributed by atoms with Gasteiger partial charge in [0.15, 0.2) is 11.5 Å². The fourth-order valence-corrected chi connectivity index (χ4v) is 3.86. The molecule has 1 aliphatic rings. The minimum Gasteiger partial charge on any atom is -0.493 e. The fourth-order valence-electron chi connectivity index (χ4n) is 3.86. The number of hydrogen-bond acceptors (Lipinski definition) is 4.